The minimum absolute atomic E-state index is 0.0249. The minimum atomic E-state index is -0.494. The fourth-order valence-corrected chi connectivity index (χ4v) is 3.64. The molecule has 1 N–H and O–H groups in total. The summed E-state index contributed by atoms with van der Waals surface area (Å²) in [4.78, 5) is 41.8. The van der Waals surface area contributed by atoms with Crippen LogP contribution in [0.1, 0.15) is 27.2 Å². The molecular formula is C17H21N3O4S. The molecule has 1 atom stereocenters. The van der Waals surface area contributed by atoms with E-state index < -0.39 is 11.2 Å². The lowest BCUT2D eigenvalue weighted by Gasteiger charge is -2.13. The van der Waals surface area contributed by atoms with Crippen LogP contribution in [-0.2, 0) is 14.4 Å². The maximum atomic E-state index is 12.4. The molecule has 25 heavy (non-hydrogen) atoms. The number of thioether (sulfide) groups is 1. The number of esters is 1. The molecule has 1 aromatic rings. The Morgan fingerprint density at radius 3 is 2.68 bits per heavy atom. The smallest absolute Gasteiger partial charge is 0.308 e. The number of para-hydroxylation sites is 2. The Morgan fingerprint density at radius 1 is 1.32 bits per heavy atom. The highest BCUT2D eigenvalue weighted by molar-refractivity contribution is 8.15. The van der Waals surface area contributed by atoms with E-state index in [-0.39, 0.29) is 24.0 Å². The number of aliphatic imine (C=N–C) groups is 1. The van der Waals surface area contributed by atoms with Crippen LogP contribution in [0.2, 0.25) is 0 Å². The third-order valence-corrected chi connectivity index (χ3v) is 4.63. The van der Waals surface area contributed by atoms with Gasteiger partial charge < -0.3 is 10.1 Å². The maximum Gasteiger partial charge on any atom is 0.308 e. The molecule has 2 rings (SSSR count). The van der Waals surface area contributed by atoms with E-state index in [9.17, 15) is 14.4 Å². The molecule has 1 aliphatic rings. The van der Waals surface area contributed by atoms with Crippen molar-refractivity contribution in [1.29, 1.82) is 0 Å². The van der Waals surface area contributed by atoms with E-state index in [4.69, 9.17) is 4.74 Å². The second-order valence-corrected chi connectivity index (χ2v) is 6.46. The number of amides is 2. The summed E-state index contributed by atoms with van der Waals surface area (Å²) in [6.45, 7) is 6.18. The van der Waals surface area contributed by atoms with E-state index >= 15 is 0 Å². The summed E-state index contributed by atoms with van der Waals surface area (Å²) in [6.07, 6.45) is 0.0249. The first-order valence-corrected chi connectivity index (χ1v) is 8.94. The zero-order chi connectivity index (χ0) is 18.4. The van der Waals surface area contributed by atoms with Gasteiger partial charge in [-0.25, -0.2) is 0 Å². The summed E-state index contributed by atoms with van der Waals surface area (Å²) < 4.78 is 5.07. The minimum Gasteiger partial charge on any atom is -0.424 e. The van der Waals surface area contributed by atoms with Gasteiger partial charge in [0.2, 0.25) is 11.8 Å². The van der Waals surface area contributed by atoms with Gasteiger partial charge >= 0.3 is 5.97 Å². The van der Waals surface area contributed by atoms with Gasteiger partial charge in [-0.1, -0.05) is 23.9 Å². The number of hydrogen-bond donors (Lipinski definition) is 1. The van der Waals surface area contributed by atoms with Crippen LogP contribution in [0.15, 0.2) is 29.3 Å². The molecule has 134 valence electrons. The first kappa shape index (κ1) is 19.0. The lowest BCUT2D eigenvalue weighted by Crippen LogP contribution is -2.33. The number of carbonyl (C=O) groups is 3. The SMILES string of the molecule is CCN=C1SC(CC(=O)Nc2ccccc2OC(C)=O)C(=O)N1CC. The normalized spacial score (nSPS) is 18.5. The summed E-state index contributed by atoms with van der Waals surface area (Å²) in [6, 6.07) is 6.67. The van der Waals surface area contributed by atoms with Crippen LogP contribution < -0.4 is 10.1 Å². The van der Waals surface area contributed by atoms with Crippen molar-refractivity contribution in [2.75, 3.05) is 18.4 Å². The van der Waals surface area contributed by atoms with Gasteiger partial charge in [0.1, 0.15) is 5.25 Å². The van der Waals surface area contributed by atoms with Crippen LogP contribution in [-0.4, -0.2) is 46.2 Å². The number of anilines is 1. The molecular weight excluding hydrogens is 342 g/mol. The lowest BCUT2D eigenvalue weighted by molar-refractivity contribution is -0.132. The van der Waals surface area contributed by atoms with Crippen molar-refractivity contribution in [3.05, 3.63) is 24.3 Å². The zero-order valence-electron chi connectivity index (χ0n) is 14.4. The van der Waals surface area contributed by atoms with E-state index in [1.165, 1.54) is 18.7 Å². The van der Waals surface area contributed by atoms with Gasteiger partial charge in [0.15, 0.2) is 10.9 Å². The molecule has 0 aliphatic carbocycles. The predicted molar refractivity (Wildman–Crippen MR) is 97.7 cm³/mol. The van der Waals surface area contributed by atoms with Gasteiger partial charge in [0, 0.05) is 26.4 Å². The maximum absolute atomic E-state index is 12.4. The molecule has 1 unspecified atom stereocenters. The number of rotatable bonds is 6. The third kappa shape index (κ3) is 4.82. The van der Waals surface area contributed by atoms with Crippen molar-refractivity contribution in [3.63, 3.8) is 0 Å². The number of nitrogens with one attached hydrogen (secondary N) is 1. The van der Waals surface area contributed by atoms with Crippen molar-refractivity contribution >= 4 is 40.4 Å². The van der Waals surface area contributed by atoms with E-state index in [1.54, 1.807) is 29.2 Å². The molecule has 1 heterocycles. The van der Waals surface area contributed by atoms with Gasteiger partial charge in [0.05, 0.1) is 5.69 Å². The first-order valence-electron chi connectivity index (χ1n) is 8.06. The van der Waals surface area contributed by atoms with Crippen molar-refractivity contribution < 1.29 is 19.1 Å². The van der Waals surface area contributed by atoms with Gasteiger partial charge in [-0.3, -0.25) is 24.3 Å². The number of hydrogen-bond acceptors (Lipinski definition) is 6. The Morgan fingerprint density at radius 2 is 2.04 bits per heavy atom. The Bertz CT molecular complexity index is 705. The number of ether oxygens (including phenoxy) is 1. The summed E-state index contributed by atoms with van der Waals surface area (Å²) in [5.41, 5.74) is 0.396. The lowest BCUT2D eigenvalue weighted by atomic mass is 10.2. The van der Waals surface area contributed by atoms with E-state index in [0.29, 0.717) is 23.9 Å². The second kappa shape index (κ2) is 8.66. The average Bonchev–Trinajstić information content (AvgIpc) is 2.84. The molecule has 1 fully saturated rings. The van der Waals surface area contributed by atoms with Crippen LogP contribution in [0.3, 0.4) is 0 Å². The molecule has 0 aromatic heterocycles. The Balaban J connectivity index is 2.05. The molecule has 1 saturated heterocycles. The van der Waals surface area contributed by atoms with Crippen molar-refractivity contribution in [2.45, 2.75) is 32.4 Å². The highest BCUT2D eigenvalue weighted by atomic mass is 32.2. The van der Waals surface area contributed by atoms with Gasteiger partial charge in [0.25, 0.3) is 0 Å². The Hall–Kier alpha value is -2.35. The van der Waals surface area contributed by atoms with Crippen molar-refractivity contribution in [2.24, 2.45) is 4.99 Å². The molecule has 0 radical (unpaired) electrons. The molecule has 8 heteroatoms. The van der Waals surface area contributed by atoms with Crippen molar-refractivity contribution in [3.8, 4) is 5.75 Å². The fourth-order valence-electron chi connectivity index (χ4n) is 2.37. The number of carbonyl (C=O) groups excluding carboxylic acids is 3. The molecule has 7 nitrogen and oxygen atoms in total. The standard InChI is InChI=1S/C17H21N3O4S/c1-4-18-17-20(5-2)16(23)14(25-17)10-15(22)19-12-8-6-7-9-13(12)24-11(3)21/h6-9,14H,4-5,10H2,1-3H3,(H,19,22). The highest BCUT2D eigenvalue weighted by Crippen LogP contribution is 2.30. The molecule has 0 spiro atoms. The number of benzene rings is 1. The molecule has 0 saturated carbocycles. The van der Waals surface area contributed by atoms with Gasteiger partial charge in [-0.2, -0.15) is 0 Å². The Labute approximate surface area is 150 Å². The molecule has 1 aromatic carbocycles. The van der Waals surface area contributed by atoms with Crippen LogP contribution in [0.4, 0.5) is 5.69 Å². The number of amidine groups is 1. The summed E-state index contributed by atoms with van der Waals surface area (Å²) >= 11 is 1.31. The quantitative estimate of drug-likeness (QED) is 0.619. The average molecular weight is 363 g/mol. The second-order valence-electron chi connectivity index (χ2n) is 5.29. The van der Waals surface area contributed by atoms with Gasteiger partial charge in [-0.05, 0) is 26.0 Å². The summed E-state index contributed by atoms with van der Waals surface area (Å²) in [5.74, 6) is -0.623. The van der Waals surface area contributed by atoms with Crippen LogP contribution in [0.25, 0.3) is 0 Å². The summed E-state index contributed by atoms with van der Waals surface area (Å²) in [7, 11) is 0. The molecule has 2 amide bonds. The first-order chi connectivity index (χ1) is 12.0. The number of nitrogens with zero attached hydrogens (tertiary/aromatic N) is 2. The fraction of sp³-hybridized carbons (Fsp3) is 0.412. The van der Waals surface area contributed by atoms with Crippen LogP contribution in [0.5, 0.6) is 5.75 Å². The molecule has 1 aliphatic heterocycles. The Kier molecular flexibility index (Phi) is 6.58. The summed E-state index contributed by atoms with van der Waals surface area (Å²) in [5, 5.41) is 2.87. The predicted octanol–water partition coefficient (Wildman–Crippen LogP) is 2.28. The third-order valence-electron chi connectivity index (χ3n) is 3.42. The zero-order valence-corrected chi connectivity index (χ0v) is 15.3. The van der Waals surface area contributed by atoms with E-state index in [1.807, 2.05) is 13.8 Å². The van der Waals surface area contributed by atoms with Crippen LogP contribution >= 0.6 is 11.8 Å². The van der Waals surface area contributed by atoms with Crippen LogP contribution in [0, 0.1) is 0 Å². The van der Waals surface area contributed by atoms with E-state index in [0.717, 1.165) is 0 Å². The highest BCUT2D eigenvalue weighted by Gasteiger charge is 2.38. The topological polar surface area (TPSA) is 88.1 Å². The molecule has 0 bridgehead atoms. The largest absolute Gasteiger partial charge is 0.424 e. The van der Waals surface area contributed by atoms with Gasteiger partial charge in [-0.15, -0.1) is 0 Å². The monoisotopic (exact) mass is 363 g/mol. The van der Waals surface area contributed by atoms with Crippen molar-refractivity contribution in [1.82, 2.24) is 4.90 Å². The van der Waals surface area contributed by atoms with E-state index in [2.05, 4.69) is 10.3 Å².